The summed E-state index contributed by atoms with van der Waals surface area (Å²) >= 11 is 0. The molecule has 0 bridgehead atoms. The molecule has 11 heteroatoms. The number of amides is 2. The molecule has 2 amide bonds. The highest BCUT2D eigenvalue weighted by Gasteiger charge is 2.33. The summed E-state index contributed by atoms with van der Waals surface area (Å²) in [6.07, 6.45) is 1.14. The molecule has 1 saturated heterocycles. The van der Waals surface area contributed by atoms with Gasteiger partial charge >= 0.3 is 0 Å². The number of carbonyl (C=O) groups is 2. The molecule has 0 spiro atoms. The molecule has 1 fully saturated rings. The number of likely N-dealkylation sites (N-methyl/N-ethyl adjacent to an activating group) is 1. The van der Waals surface area contributed by atoms with E-state index in [1.807, 2.05) is 0 Å². The average molecular weight is 453 g/mol. The molecule has 0 unspecified atom stereocenters. The maximum atomic E-state index is 12.8. The van der Waals surface area contributed by atoms with E-state index >= 15 is 0 Å². The molecule has 0 radical (unpaired) electrons. The number of sulfonamides is 1. The van der Waals surface area contributed by atoms with E-state index in [1.54, 1.807) is 48.6 Å². The maximum absolute atomic E-state index is 12.8. The third-order valence-electron chi connectivity index (χ3n) is 4.98. The molecule has 1 aliphatic heterocycles. The Balaban J connectivity index is 2.03. The van der Waals surface area contributed by atoms with Crippen LogP contribution < -0.4 is 10.2 Å². The van der Waals surface area contributed by atoms with Gasteiger partial charge in [0, 0.05) is 45.3 Å². The zero-order chi connectivity index (χ0) is 23.0. The van der Waals surface area contributed by atoms with Gasteiger partial charge in [-0.05, 0) is 31.2 Å². The second kappa shape index (κ2) is 11.1. The summed E-state index contributed by atoms with van der Waals surface area (Å²) in [5.74, 6) is 5.14. The molecule has 1 atom stereocenters. The molecule has 1 aromatic carbocycles. The lowest BCUT2D eigenvalue weighted by Crippen LogP contribution is -2.58. The predicted octanol–water partition coefficient (Wildman–Crippen LogP) is -0.388. The van der Waals surface area contributed by atoms with Crippen molar-refractivity contribution in [2.45, 2.75) is 13.0 Å². The lowest BCUT2D eigenvalue weighted by atomic mass is 10.1. The fraction of sp³-hybridized carbons (Fsp3) is 0.500. The van der Waals surface area contributed by atoms with E-state index in [0.29, 0.717) is 24.4 Å². The number of rotatable bonds is 8. The van der Waals surface area contributed by atoms with Crippen molar-refractivity contribution >= 4 is 21.8 Å². The van der Waals surface area contributed by atoms with E-state index in [-0.39, 0.29) is 32.1 Å². The molecule has 1 aromatic rings. The summed E-state index contributed by atoms with van der Waals surface area (Å²) < 4.78 is 30.2. The van der Waals surface area contributed by atoms with E-state index in [1.165, 1.54) is 9.21 Å². The van der Waals surface area contributed by atoms with Crippen LogP contribution in [-0.4, -0.2) is 98.2 Å². The second-order valence-electron chi connectivity index (χ2n) is 7.12. The minimum absolute atomic E-state index is 0.0223. The van der Waals surface area contributed by atoms with Gasteiger partial charge < -0.3 is 9.64 Å². The van der Waals surface area contributed by atoms with E-state index in [4.69, 9.17) is 9.94 Å². The van der Waals surface area contributed by atoms with Gasteiger partial charge in [-0.1, -0.05) is 5.92 Å². The van der Waals surface area contributed by atoms with E-state index in [2.05, 4.69) is 11.8 Å². The summed E-state index contributed by atoms with van der Waals surface area (Å²) in [5, 5.41) is 9.15. The Bertz CT molecular complexity index is 931. The fourth-order valence-electron chi connectivity index (χ4n) is 3.23. The van der Waals surface area contributed by atoms with Crippen LogP contribution >= 0.6 is 0 Å². The van der Waals surface area contributed by atoms with Gasteiger partial charge in [0.25, 0.3) is 11.8 Å². The second-order valence-corrected chi connectivity index (χ2v) is 9.10. The topological polar surface area (TPSA) is 119 Å². The molecule has 10 nitrogen and oxygen atoms in total. The number of carbonyl (C=O) groups excluding carboxylic acids is 2. The van der Waals surface area contributed by atoms with Crippen molar-refractivity contribution in [3.05, 3.63) is 29.8 Å². The van der Waals surface area contributed by atoms with E-state index in [0.717, 1.165) is 6.26 Å². The zero-order valence-corrected chi connectivity index (χ0v) is 18.7. The molecular formula is C20H28N4O6S. The molecule has 0 aliphatic carbocycles. The van der Waals surface area contributed by atoms with Crippen molar-refractivity contribution in [3.63, 3.8) is 0 Å². The van der Waals surface area contributed by atoms with Crippen LogP contribution in [-0.2, 0) is 14.8 Å². The monoisotopic (exact) mass is 452 g/mol. The Morgan fingerprint density at radius 2 is 1.84 bits per heavy atom. The van der Waals surface area contributed by atoms with Gasteiger partial charge in [-0.25, -0.2) is 13.9 Å². The normalized spacial score (nSPS) is 16.0. The minimum atomic E-state index is -3.31. The number of hydroxylamine groups is 1. The lowest BCUT2D eigenvalue weighted by Gasteiger charge is -2.38. The summed E-state index contributed by atoms with van der Waals surface area (Å²) in [6.45, 7) is 3.07. The Labute approximate surface area is 182 Å². The van der Waals surface area contributed by atoms with Gasteiger partial charge in [0.2, 0.25) is 10.0 Å². The average Bonchev–Trinajstić information content (AvgIpc) is 2.76. The largest absolute Gasteiger partial charge is 0.481 e. The standard InChI is InChI=1S/C20H28N4O6S/c1-4-5-14-30-17-8-6-16(7-9-17)20(26)22(2)15-18(19(25)21-27)23-10-12-24(13-11-23)31(3,28)29/h6-9,18,27H,10-15H2,1-3H3,(H,21,25)/t18-/m0/s1. The molecule has 2 rings (SSSR count). The first-order valence-electron chi connectivity index (χ1n) is 9.68. The summed E-state index contributed by atoms with van der Waals surface area (Å²) in [5.41, 5.74) is 2.06. The van der Waals surface area contributed by atoms with E-state index in [9.17, 15) is 18.0 Å². The smallest absolute Gasteiger partial charge is 0.262 e. The molecule has 2 N–H and O–H groups in total. The highest BCUT2D eigenvalue weighted by Crippen LogP contribution is 2.15. The third kappa shape index (κ3) is 6.93. The zero-order valence-electron chi connectivity index (χ0n) is 17.9. The van der Waals surface area contributed by atoms with Crippen molar-refractivity contribution in [1.82, 2.24) is 19.6 Å². The van der Waals surface area contributed by atoms with Crippen LogP contribution in [0, 0.1) is 11.8 Å². The van der Waals surface area contributed by atoms with Gasteiger partial charge in [-0.3, -0.25) is 19.7 Å². The van der Waals surface area contributed by atoms with Crippen molar-refractivity contribution in [1.29, 1.82) is 0 Å². The Morgan fingerprint density at radius 3 is 2.35 bits per heavy atom. The number of hydrogen-bond acceptors (Lipinski definition) is 7. The number of ether oxygens (including phenoxy) is 1. The van der Waals surface area contributed by atoms with Gasteiger partial charge in [0.1, 0.15) is 18.4 Å². The van der Waals surface area contributed by atoms with Crippen LogP contribution in [0.3, 0.4) is 0 Å². The van der Waals surface area contributed by atoms with Gasteiger partial charge in [0.15, 0.2) is 0 Å². The van der Waals surface area contributed by atoms with Crippen LogP contribution in [0.1, 0.15) is 17.3 Å². The number of hydrogen-bond donors (Lipinski definition) is 2. The van der Waals surface area contributed by atoms with Crippen molar-refractivity contribution in [2.75, 3.05) is 52.6 Å². The van der Waals surface area contributed by atoms with Crippen LogP contribution in [0.25, 0.3) is 0 Å². The predicted molar refractivity (Wildman–Crippen MR) is 114 cm³/mol. The molecule has 0 saturated carbocycles. The van der Waals surface area contributed by atoms with Crippen LogP contribution in [0.15, 0.2) is 24.3 Å². The Kier molecular flexibility index (Phi) is 8.82. The third-order valence-corrected chi connectivity index (χ3v) is 6.28. The molecule has 170 valence electrons. The first kappa shape index (κ1) is 24.6. The van der Waals surface area contributed by atoms with Gasteiger partial charge in [-0.2, -0.15) is 4.31 Å². The van der Waals surface area contributed by atoms with Crippen molar-refractivity contribution < 1.29 is 28.0 Å². The number of nitrogens with one attached hydrogen (secondary N) is 1. The summed E-state index contributed by atoms with van der Waals surface area (Å²) in [4.78, 5) is 28.2. The van der Waals surface area contributed by atoms with Crippen LogP contribution in [0.5, 0.6) is 5.75 Å². The molecule has 1 aliphatic rings. The Morgan fingerprint density at radius 1 is 1.23 bits per heavy atom. The SMILES string of the molecule is CC#CCOc1ccc(C(=O)N(C)C[C@@H](C(=O)NO)N2CCN(S(C)(=O)=O)CC2)cc1. The Hall–Kier alpha value is -2.65. The first-order chi connectivity index (χ1) is 14.7. The maximum Gasteiger partial charge on any atom is 0.262 e. The molecule has 0 aromatic heterocycles. The quantitative estimate of drug-likeness (QED) is 0.313. The summed E-state index contributed by atoms with van der Waals surface area (Å²) in [6, 6.07) is 5.76. The van der Waals surface area contributed by atoms with Crippen molar-refractivity contribution in [3.8, 4) is 17.6 Å². The highest BCUT2D eigenvalue weighted by atomic mass is 32.2. The molecule has 31 heavy (non-hydrogen) atoms. The number of benzene rings is 1. The summed E-state index contributed by atoms with van der Waals surface area (Å²) in [7, 11) is -1.75. The lowest BCUT2D eigenvalue weighted by molar-refractivity contribution is -0.135. The number of piperazine rings is 1. The van der Waals surface area contributed by atoms with Crippen molar-refractivity contribution in [2.24, 2.45) is 0 Å². The number of nitrogens with zero attached hydrogens (tertiary/aromatic N) is 3. The fourth-order valence-corrected chi connectivity index (χ4v) is 4.06. The van der Waals surface area contributed by atoms with Crippen LogP contribution in [0.4, 0.5) is 0 Å². The minimum Gasteiger partial charge on any atom is -0.481 e. The highest BCUT2D eigenvalue weighted by molar-refractivity contribution is 7.88. The molecule has 1 heterocycles. The molecular weight excluding hydrogens is 424 g/mol. The van der Waals surface area contributed by atoms with Crippen LogP contribution in [0.2, 0.25) is 0 Å². The van der Waals surface area contributed by atoms with Gasteiger partial charge in [-0.15, -0.1) is 5.92 Å². The van der Waals surface area contributed by atoms with Gasteiger partial charge in [0.05, 0.1) is 6.26 Å². The van der Waals surface area contributed by atoms with E-state index < -0.39 is 22.0 Å². The first-order valence-corrected chi connectivity index (χ1v) is 11.5.